The molecule has 0 aromatic heterocycles. The first-order valence-corrected chi connectivity index (χ1v) is 7.70. The largest absolute Gasteiger partial charge is 0.462 e. The summed E-state index contributed by atoms with van der Waals surface area (Å²) in [7, 11) is 0. The van der Waals surface area contributed by atoms with Crippen molar-refractivity contribution in [3.63, 3.8) is 0 Å². The normalized spacial score (nSPS) is 16.1. The molecule has 2 nitrogen and oxygen atoms in total. The van der Waals surface area contributed by atoms with Gasteiger partial charge in [-0.25, -0.2) is 0 Å². The van der Waals surface area contributed by atoms with Crippen molar-refractivity contribution in [1.82, 2.24) is 0 Å². The van der Waals surface area contributed by atoms with E-state index < -0.39 is 0 Å². The van der Waals surface area contributed by atoms with E-state index in [-0.39, 0.29) is 12.1 Å². The first kappa shape index (κ1) is 17.5. The second-order valence-corrected chi connectivity index (χ2v) is 5.68. The van der Waals surface area contributed by atoms with Gasteiger partial charge in [-0.15, -0.1) is 0 Å². The number of ether oxygens (including phenoxy) is 1. The molecule has 0 fully saturated rings. The fourth-order valence-electron chi connectivity index (χ4n) is 1.98. The molecule has 108 valence electrons. The Kier molecular flexibility index (Phi) is 10.1. The molecule has 18 heavy (non-hydrogen) atoms. The molecule has 0 aliphatic heterocycles. The van der Waals surface area contributed by atoms with E-state index in [1.807, 2.05) is 13.8 Å². The number of esters is 1. The zero-order valence-corrected chi connectivity index (χ0v) is 13.0. The third-order valence-corrected chi connectivity index (χ3v) is 3.96. The van der Waals surface area contributed by atoms with Gasteiger partial charge in [0, 0.05) is 6.42 Å². The summed E-state index contributed by atoms with van der Waals surface area (Å²) >= 11 is 0. The average Bonchev–Trinajstić information content (AvgIpc) is 2.37. The lowest BCUT2D eigenvalue weighted by Crippen LogP contribution is -2.21. The highest BCUT2D eigenvalue weighted by atomic mass is 16.5. The van der Waals surface area contributed by atoms with Crippen LogP contribution in [-0.4, -0.2) is 12.1 Å². The molecule has 0 aliphatic rings. The molecule has 3 atom stereocenters. The van der Waals surface area contributed by atoms with Gasteiger partial charge in [-0.2, -0.15) is 0 Å². The van der Waals surface area contributed by atoms with Crippen molar-refractivity contribution in [3.8, 4) is 0 Å². The van der Waals surface area contributed by atoms with Crippen LogP contribution in [0, 0.1) is 11.8 Å². The van der Waals surface area contributed by atoms with Crippen molar-refractivity contribution in [3.05, 3.63) is 0 Å². The highest BCUT2D eigenvalue weighted by Crippen LogP contribution is 2.18. The number of rotatable bonds is 10. The van der Waals surface area contributed by atoms with Crippen LogP contribution in [0.5, 0.6) is 0 Å². The van der Waals surface area contributed by atoms with Crippen molar-refractivity contribution in [2.75, 3.05) is 0 Å². The van der Waals surface area contributed by atoms with Gasteiger partial charge in [0.05, 0.1) is 0 Å². The standard InChI is InChI=1S/C16H32O2/c1-6-13(3)11-9-8-10-12-14(4)15(5)18-16(17)7-2/h13-15H,6-12H2,1-5H3/t13-,14-,15-/m0/s1. The van der Waals surface area contributed by atoms with E-state index in [2.05, 4.69) is 20.8 Å². The van der Waals surface area contributed by atoms with Gasteiger partial charge in [-0.1, -0.05) is 59.8 Å². The fourth-order valence-corrected chi connectivity index (χ4v) is 1.98. The summed E-state index contributed by atoms with van der Waals surface area (Å²) in [5.41, 5.74) is 0. The van der Waals surface area contributed by atoms with Gasteiger partial charge in [0.25, 0.3) is 0 Å². The molecule has 0 aliphatic carbocycles. The Labute approximate surface area is 113 Å². The summed E-state index contributed by atoms with van der Waals surface area (Å²) in [5.74, 6) is 1.27. The summed E-state index contributed by atoms with van der Waals surface area (Å²) in [6, 6.07) is 0. The van der Waals surface area contributed by atoms with Crippen LogP contribution >= 0.6 is 0 Å². The number of hydrogen-bond donors (Lipinski definition) is 0. The second kappa shape index (κ2) is 10.4. The average molecular weight is 256 g/mol. The van der Waals surface area contributed by atoms with Gasteiger partial charge >= 0.3 is 5.97 Å². The van der Waals surface area contributed by atoms with Gasteiger partial charge in [0.1, 0.15) is 6.10 Å². The van der Waals surface area contributed by atoms with Crippen LogP contribution in [0.4, 0.5) is 0 Å². The molecule has 2 heteroatoms. The van der Waals surface area contributed by atoms with Crippen LogP contribution in [0.3, 0.4) is 0 Å². The molecular formula is C16H32O2. The summed E-state index contributed by atoms with van der Waals surface area (Å²) in [4.78, 5) is 11.2. The number of carbonyl (C=O) groups excluding carboxylic acids is 1. The minimum absolute atomic E-state index is 0.0621. The van der Waals surface area contributed by atoms with Gasteiger partial charge < -0.3 is 4.74 Å². The quantitative estimate of drug-likeness (QED) is 0.408. The Morgan fingerprint density at radius 2 is 1.61 bits per heavy atom. The maximum absolute atomic E-state index is 11.2. The smallest absolute Gasteiger partial charge is 0.305 e. The molecule has 0 saturated heterocycles. The summed E-state index contributed by atoms with van der Waals surface area (Å²) < 4.78 is 5.34. The lowest BCUT2D eigenvalue weighted by Gasteiger charge is -2.20. The van der Waals surface area contributed by atoms with Crippen molar-refractivity contribution < 1.29 is 9.53 Å². The Hall–Kier alpha value is -0.530. The van der Waals surface area contributed by atoms with Crippen LogP contribution < -0.4 is 0 Å². The van der Waals surface area contributed by atoms with E-state index in [9.17, 15) is 4.79 Å². The van der Waals surface area contributed by atoms with Crippen molar-refractivity contribution >= 4 is 5.97 Å². The number of unbranched alkanes of at least 4 members (excludes halogenated alkanes) is 2. The predicted octanol–water partition coefficient (Wildman–Crippen LogP) is 4.96. The molecule has 0 amide bonds. The number of hydrogen-bond acceptors (Lipinski definition) is 2. The Bertz CT molecular complexity index is 213. The van der Waals surface area contributed by atoms with Crippen molar-refractivity contribution in [2.24, 2.45) is 11.8 Å². The Morgan fingerprint density at radius 3 is 2.17 bits per heavy atom. The second-order valence-electron chi connectivity index (χ2n) is 5.68. The fraction of sp³-hybridized carbons (Fsp3) is 0.938. The Balaban J connectivity index is 3.57. The zero-order valence-electron chi connectivity index (χ0n) is 13.0. The van der Waals surface area contributed by atoms with E-state index in [0.29, 0.717) is 12.3 Å². The number of carbonyl (C=O) groups is 1. The first-order chi connectivity index (χ1) is 8.51. The Morgan fingerprint density at radius 1 is 1.00 bits per heavy atom. The van der Waals surface area contributed by atoms with Crippen molar-refractivity contribution in [1.29, 1.82) is 0 Å². The molecule has 0 spiro atoms. The van der Waals surface area contributed by atoms with Crippen LogP contribution in [-0.2, 0) is 9.53 Å². The molecule has 0 unspecified atom stereocenters. The lowest BCUT2D eigenvalue weighted by molar-refractivity contribution is -0.150. The van der Waals surface area contributed by atoms with E-state index >= 15 is 0 Å². The molecule has 0 N–H and O–H groups in total. The lowest BCUT2D eigenvalue weighted by atomic mass is 9.96. The zero-order chi connectivity index (χ0) is 14.0. The molecule has 0 rings (SSSR count). The van der Waals surface area contributed by atoms with Gasteiger partial charge in [-0.3, -0.25) is 4.79 Å². The minimum atomic E-state index is -0.0777. The van der Waals surface area contributed by atoms with E-state index in [1.54, 1.807) is 0 Å². The van der Waals surface area contributed by atoms with Crippen LogP contribution in [0.15, 0.2) is 0 Å². The van der Waals surface area contributed by atoms with Gasteiger partial charge in [0.15, 0.2) is 0 Å². The molecule has 0 aromatic carbocycles. The van der Waals surface area contributed by atoms with Crippen LogP contribution in [0.1, 0.15) is 79.6 Å². The predicted molar refractivity (Wildman–Crippen MR) is 77.5 cm³/mol. The van der Waals surface area contributed by atoms with Gasteiger partial charge in [0.2, 0.25) is 0 Å². The summed E-state index contributed by atoms with van der Waals surface area (Å²) in [6.07, 6.45) is 8.25. The van der Waals surface area contributed by atoms with E-state index in [0.717, 1.165) is 5.92 Å². The summed E-state index contributed by atoms with van der Waals surface area (Å²) in [5, 5.41) is 0. The molecule has 0 saturated carbocycles. The highest BCUT2D eigenvalue weighted by Gasteiger charge is 2.15. The minimum Gasteiger partial charge on any atom is -0.462 e. The maximum atomic E-state index is 11.2. The van der Waals surface area contributed by atoms with Crippen LogP contribution in [0.25, 0.3) is 0 Å². The van der Waals surface area contributed by atoms with Crippen LogP contribution in [0.2, 0.25) is 0 Å². The molecular weight excluding hydrogens is 224 g/mol. The highest BCUT2D eigenvalue weighted by molar-refractivity contribution is 5.69. The molecule has 0 radical (unpaired) electrons. The monoisotopic (exact) mass is 256 g/mol. The molecule has 0 heterocycles. The molecule has 0 aromatic rings. The molecule has 0 bridgehead atoms. The van der Waals surface area contributed by atoms with E-state index in [1.165, 1.54) is 38.5 Å². The van der Waals surface area contributed by atoms with Crippen molar-refractivity contribution in [2.45, 2.75) is 85.7 Å². The summed E-state index contributed by atoms with van der Waals surface area (Å²) in [6.45, 7) is 10.6. The topological polar surface area (TPSA) is 26.3 Å². The third-order valence-electron chi connectivity index (χ3n) is 3.96. The van der Waals surface area contributed by atoms with Gasteiger partial charge in [-0.05, 0) is 25.2 Å². The maximum Gasteiger partial charge on any atom is 0.305 e. The third kappa shape index (κ3) is 8.54. The SMILES string of the molecule is CCC(=O)O[C@@H](C)[C@@H](C)CCCCC[C@@H](C)CC. The van der Waals surface area contributed by atoms with E-state index in [4.69, 9.17) is 4.74 Å². The first-order valence-electron chi connectivity index (χ1n) is 7.70.